The van der Waals surface area contributed by atoms with Crippen LogP contribution in [0, 0.1) is 5.82 Å². The second kappa shape index (κ2) is 6.73. The number of hydrogen-bond donors (Lipinski definition) is 1. The molecule has 5 nitrogen and oxygen atoms in total. The smallest absolute Gasteiger partial charge is 0.237 e. The van der Waals surface area contributed by atoms with Gasteiger partial charge < -0.3 is 14.7 Å². The summed E-state index contributed by atoms with van der Waals surface area (Å²) < 4.78 is 18.3. The summed E-state index contributed by atoms with van der Waals surface area (Å²) in [7, 11) is 0. The summed E-state index contributed by atoms with van der Waals surface area (Å²) in [4.78, 5) is 16.4. The Hall–Kier alpha value is -1.50. The van der Waals surface area contributed by atoms with Gasteiger partial charge in [-0.3, -0.25) is 9.69 Å². The van der Waals surface area contributed by atoms with Gasteiger partial charge in [-0.25, -0.2) is 4.39 Å². The Balaban J connectivity index is 1.69. The molecule has 0 spiro atoms. The minimum absolute atomic E-state index is 0.00720. The van der Waals surface area contributed by atoms with E-state index >= 15 is 0 Å². The average molecular weight is 308 g/mol. The molecule has 2 aliphatic rings. The standard InChI is InChI=1S/C16H21FN2O3/c17-13-3-1-12(2-4-13)15-9-14(20)10-19(15)16(21)11-18-5-7-22-8-6-18/h1-4,14-15,20H,5-11H2. The van der Waals surface area contributed by atoms with Crippen molar-refractivity contribution in [2.24, 2.45) is 0 Å². The number of morpholine rings is 1. The van der Waals surface area contributed by atoms with Crippen molar-refractivity contribution in [3.63, 3.8) is 0 Å². The highest BCUT2D eigenvalue weighted by molar-refractivity contribution is 5.79. The van der Waals surface area contributed by atoms with E-state index in [1.165, 1.54) is 12.1 Å². The van der Waals surface area contributed by atoms with Crippen LogP contribution in [0.1, 0.15) is 18.0 Å². The Kier molecular flexibility index (Phi) is 4.71. The monoisotopic (exact) mass is 308 g/mol. The zero-order chi connectivity index (χ0) is 15.5. The Bertz CT molecular complexity index is 517. The van der Waals surface area contributed by atoms with Gasteiger partial charge in [0, 0.05) is 19.6 Å². The third-order valence-electron chi connectivity index (χ3n) is 4.32. The number of rotatable bonds is 3. The molecule has 2 unspecified atom stereocenters. The van der Waals surface area contributed by atoms with Crippen molar-refractivity contribution in [2.45, 2.75) is 18.6 Å². The third-order valence-corrected chi connectivity index (χ3v) is 4.32. The molecule has 120 valence electrons. The summed E-state index contributed by atoms with van der Waals surface area (Å²) in [6.45, 7) is 3.49. The maximum Gasteiger partial charge on any atom is 0.237 e. The highest BCUT2D eigenvalue weighted by Gasteiger charge is 2.35. The molecule has 22 heavy (non-hydrogen) atoms. The molecule has 2 fully saturated rings. The SMILES string of the molecule is O=C(CN1CCOCC1)N1CC(O)CC1c1ccc(F)cc1. The van der Waals surface area contributed by atoms with Gasteiger partial charge in [-0.1, -0.05) is 12.1 Å². The first-order valence-electron chi connectivity index (χ1n) is 7.66. The Morgan fingerprint density at radius 2 is 1.95 bits per heavy atom. The molecule has 0 aliphatic carbocycles. The summed E-state index contributed by atoms with van der Waals surface area (Å²) in [6.07, 6.45) is -0.0239. The number of halogens is 1. The van der Waals surface area contributed by atoms with E-state index in [-0.39, 0.29) is 17.8 Å². The lowest BCUT2D eigenvalue weighted by molar-refractivity contribution is -0.134. The predicted octanol–water partition coefficient (Wildman–Crippen LogP) is 0.792. The van der Waals surface area contributed by atoms with Gasteiger partial charge in [0.25, 0.3) is 0 Å². The molecular weight excluding hydrogens is 287 g/mol. The van der Waals surface area contributed by atoms with Crippen molar-refractivity contribution in [2.75, 3.05) is 39.4 Å². The number of carbonyl (C=O) groups is 1. The number of amides is 1. The van der Waals surface area contributed by atoms with E-state index < -0.39 is 6.10 Å². The van der Waals surface area contributed by atoms with E-state index in [2.05, 4.69) is 4.90 Å². The van der Waals surface area contributed by atoms with Gasteiger partial charge in [0.15, 0.2) is 0 Å². The molecule has 0 radical (unpaired) electrons. The molecule has 1 aromatic rings. The zero-order valence-corrected chi connectivity index (χ0v) is 12.4. The fourth-order valence-electron chi connectivity index (χ4n) is 3.13. The van der Waals surface area contributed by atoms with Gasteiger partial charge in [-0.05, 0) is 24.1 Å². The number of carbonyl (C=O) groups excluding carboxylic acids is 1. The molecule has 1 amide bonds. The van der Waals surface area contributed by atoms with Crippen LogP contribution < -0.4 is 0 Å². The summed E-state index contributed by atoms with van der Waals surface area (Å²) in [6, 6.07) is 5.99. The molecule has 0 saturated carbocycles. The molecular formula is C16H21FN2O3. The van der Waals surface area contributed by atoms with Gasteiger partial charge in [-0.2, -0.15) is 0 Å². The largest absolute Gasteiger partial charge is 0.391 e. The quantitative estimate of drug-likeness (QED) is 0.897. The number of nitrogens with zero attached hydrogens (tertiary/aromatic N) is 2. The van der Waals surface area contributed by atoms with Gasteiger partial charge in [-0.15, -0.1) is 0 Å². The number of aliphatic hydroxyl groups excluding tert-OH is 1. The maximum atomic E-state index is 13.1. The fourth-order valence-corrected chi connectivity index (χ4v) is 3.13. The van der Waals surface area contributed by atoms with E-state index in [9.17, 15) is 14.3 Å². The van der Waals surface area contributed by atoms with Gasteiger partial charge in [0.05, 0.1) is 31.9 Å². The number of ether oxygens (including phenoxy) is 1. The summed E-state index contributed by atoms with van der Waals surface area (Å²) >= 11 is 0. The molecule has 1 aromatic carbocycles. The lowest BCUT2D eigenvalue weighted by Crippen LogP contribution is -2.44. The molecule has 6 heteroatoms. The Labute approximate surface area is 129 Å². The highest BCUT2D eigenvalue weighted by Crippen LogP contribution is 2.32. The molecule has 0 aromatic heterocycles. The number of aliphatic hydroxyl groups is 1. The molecule has 1 N–H and O–H groups in total. The van der Waals surface area contributed by atoms with Crippen LogP contribution in [0.4, 0.5) is 4.39 Å². The number of likely N-dealkylation sites (tertiary alicyclic amines) is 1. The van der Waals surface area contributed by atoms with Crippen LogP contribution >= 0.6 is 0 Å². The van der Waals surface area contributed by atoms with E-state index in [1.807, 2.05) is 0 Å². The van der Waals surface area contributed by atoms with Crippen LogP contribution in [0.3, 0.4) is 0 Å². The number of benzene rings is 1. The lowest BCUT2D eigenvalue weighted by atomic mass is 10.0. The van der Waals surface area contributed by atoms with Crippen molar-refractivity contribution in [3.05, 3.63) is 35.6 Å². The fraction of sp³-hybridized carbons (Fsp3) is 0.562. The first kappa shape index (κ1) is 15.4. The molecule has 0 bridgehead atoms. The third kappa shape index (κ3) is 3.45. The second-order valence-electron chi connectivity index (χ2n) is 5.89. The minimum atomic E-state index is -0.524. The average Bonchev–Trinajstić information content (AvgIpc) is 2.91. The zero-order valence-electron chi connectivity index (χ0n) is 12.4. The summed E-state index contributed by atoms with van der Waals surface area (Å²) in [5.41, 5.74) is 0.869. The molecule has 2 aliphatic heterocycles. The van der Waals surface area contributed by atoms with Gasteiger partial charge in [0.1, 0.15) is 5.82 Å². The van der Waals surface area contributed by atoms with Crippen LogP contribution in [0.2, 0.25) is 0 Å². The first-order valence-corrected chi connectivity index (χ1v) is 7.66. The van der Waals surface area contributed by atoms with Gasteiger partial charge >= 0.3 is 0 Å². The van der Waals surface area contributed by atoms with Crippen LogP contribution in [0.15, 0.2) is 24.3 Å². The lowest BCUT2D eigenvalue weighted by Gasteiger charge is -2.30. The van der Waals surface area contributed by atoms with Crippen LogP contribution in [-0.4, -0.2) is 66.3 Å². The predicted molar refractivity (Wildman–Crippen MR) is 78.7 cm³/mol. The first-order chi connectivity index (χ1) is 10.6. The number of hydrogen-bond acceptors (Lipinski definition) is 4. The van der Waals surface area contributed by atoms with Crippen LogP contribution in [0.25, 0.3) is 0 Å². The Morgan fingerprint density at radius 3 is 2.64 bits per heavy atom. The normalized spacial score (nSPS) is 26.4. The summed E-state index contributed by atoms with van der Waals surface area (Å²) in [5.74, 6) is -0.290. The molecule has 2 atom stereocenters. The second-order valence-corrected chi connectivity index (χ2v) is 5.89. The molecule has 2 heterocycles. The van der Waals surface area contributed by atoms with Crippen molar-refractivity contribution < 1.29 is 19.0 Å². The van der Waals surface area contributed by atoms with Crippen LogP contribution in [0.5, 0.6) is 0 Å². The molecule has 2 saturated heterocycles. The highest BCUT2D eigenvalue weighted by atomic mass is 19.1. The van der Waals surface area contributed by atoms with E-state index in [0.29, 0.717) is 32.7 Å². The topological polar surface area (TPSA) is 53.0 Å². The van der Waals surface area contributed by atoms with E-state index in [4.69, 9.17) is 4.74 Å². The van der Waals surface area contributed by atoms with Crippen molar-refractivity contribution in [1.82, 2.24) is 9.80 Å². The van der Waals surface area contributed by atoms with E-state index in [1.54, 1.807) is 17.0 Å². The maximum absolute atomic E-state index is 13.1. The minimum Gasteiger partial charge on any atom is -0.391 e. The summed E-state index contributed by atoms with van der Waals surface area (Å²) in [5, 5.41) is 9.94. The molecule has 3 rings (SSSR count). The number of β-amino-alcohol motifs (C(OH)–C–C–N with tert-alkyl or cyclic N) is 1. The van der Waals surface area contributed by atoms with Gasteiger partial charge in [0.2, 0.25) is 5.91 Å². The van der Waals surface area contributed by atoms with Crippen molar-refractivity contribution >= 4 is 5.91 Å². The van der Waals surface area contributed by atoms with E-state index in [0.717, 1.165) is 18.7 Å². The van der Waals surface area contributed by atoms with Crippen molar-refractivity contribution in [3.8, 4) is 0 Å². The Morgan fingerprint density at radius 1 is 1.27 bits per heavy atom. The van der Waals surface area contributed by atoms with Crippen molar-refractivity contribution in [1.29, 1.82) is 0 Å². The van der Waals surface area contributed by atoms with Crippen LogP contribution in [-0.2, 0) is 9.53 Å².